The number of ether oxygens (including phenoxy) is 7. The van der Waals surface area contributed by atoms with Crippen molar-refractivity contribution >= 4 is 23.8 Å². The molecule has 10 atom stereocenters. The van der Waals surface area contributed by atoms with Crippen LogP contribution in [0.15, 0.2) is 91.0 Å². The maximum Gasteiger partial charge on any atom is 0.407 e. The number of carbonyl (C=O) groups excluding carboxylic acids is 2. The quantitative estimate of drug-likeness (QED) is 0.153. The van der Waals surface area contributed by atoms with Crippen molar-refractivity contribution in [1.29, 1.82) is 0 Å². The Balaban J connectivity index is 1.33. The minimum absolute atomic E-state index is 0.0828. The summed E-state index contributed by atoms with van der Waals surface area (Å²) >= 11 is 1.76. The Kier molecular flexibility index (Phi) is 14.7. The fraction of sp³-hybridized carbons (Fsp3) is 0.487. The number of methoxy groups -OCH3 is 1. The topological polar surface area (TPSA) is 131 Å². The molecule has 276 valence electrons. The van der Waals surface area contributed by atoms with Crippen LogP contribution in [0.25, 0.3) is 0 Å². The van der Waals surface area contributed by atoms with Crippen molar-refractivity contribution in [3.05, 3.63) is 108 Å². The molecule has 2 aliphatic rings. The highest BCUT2D eigenvalue weighted by Gasteiger charge is 2.52. The molecule has 0 spiro atoms. The molecule has 4 unspecified atom stereocenters. The summed E-state index contributed by atoms with van der Waals surface area (Å²) in [6, 6.07) is 28.5. The Labute approximate surface area is 304 Å². The van der Waals surface area contributed by atoms with E-state index >= 15 is 0 Å². The molecule has 0 aliphatic carbocycles. The number of rotatable bonds is 15. The van der Waals surface area contributed by atoms with Gasteiger partial charge in [0, 0.05) is 23.3 Å². The molecule has 0 bridgehead atoms. The van der Waals surface area contributed by atoms with E-state index in [2.05, 4.69) is 17.4 Å². The van der Waals surface area contributed by atoms with Gasteiger partial charge in [-0.25, -0.2) is 9.59 Å². The van der Waals surface area contributed by atoms with Gasteiger partial charge in [0.1, 0.15) is 12.7 Å². The van der Waals surface area contributed by atoms with Crippen LogP contribution in [-0.4, -0.2) is 85.8 Å². The maximum atomic E-state index is 13.2. The average molecular weight is 724 g/mol. The van der Waals surface area contributed by atoms with Gasteiger partial charge in [-0.2, -0.15) is 11.8 Å². The number of carbonyl (C=O) groups is 2. The van der Waals surface area contributed by atoms with E-state index in [0.29, 0.717) is 6.61 Å². The van der Waals surface area contributed by atoms with Crippen LogP contribution < -0.4 is 5.32 Å². The number of hydrogen-bond acceptors (Lipinski definition) is 11. The summed E-state index contributed by atoms with van der Waals surface area (Å²) in [6.07, 6.45) is -7.06. The summed E-state index contributed by atoms with van der Waals surface area (Å²) in [7, 11) is 1.24. The van der Waals surface area contributed by atoms with Crippen LogP contribution in [-0.2, 0) is 56.9 Å². The number of aliphatic hydroxyl groups is 1. The van der Waals surface area contributed by atoms with E-state index in [1.54, 1.807) is 18.7 Å². The summed E-state index contributed by atoms with van der Waals surface area (Å²) in [6.45, 7) is 6.26. The summed E-state index contributed by atoms with van der Waals surface area (Å²) < 4.78 is 42.4. The summed E-state index contributed by atoms with van der Waals surface area (Å²) in [5.41, 5.74) is 3.00. The SMILES string of the molecule is COC(=O)C1O[C@H](O[C@@H]2C(C)[C@@H](OCCSCc3ccccc3)OC(C)[C@@H]2NC(=O)OCc2ccccc2)C(OCc2ccccc2)[C@@H](C)[C@H]1O. The van der Waals surface area contributed by atoms with Gasteiger partial charge in [0.25, 0.3) is 0 Å². The van der Waals surface area contributed by atoms with Crippen LogP contribution in [0, 0.1) is 11.8 Å². The number of esters is 1. The van der Waals surface area contributed by atoms with E-state index in [-0.39, 0.29) is 13.2 Å². The molecule has 3 aromatic carbocycles. The van der Waals surface area contributed by atoms with E-state index in [9.17, 15) is 14.7 Å². The number of nitrogens with one attached hydrogen (secondary N) is 1. The first-order valence-electron chi connectivity index (χ1n) is 17.3. The Morgan fingerprint density at radius 3 is 2.00 bits per heavy atom. The van der Waals surface area contributed by atoms with Crippen LogP contribution in [0.5, 0.6) is 0 Å². The molecule has 2 fully saturated rings. The van der Waals surface area contributed by atoms with Crippen LogP contribution in [0.2, 0.25) is 0 Å². The van der Waals surface area contributed by atoms with Crippen molar-refractivity contribution in [2.45, 2.75) is 88.9 Å². The molecule has 3 aromatic rings. The molecule has 0 aromatic heterocycles. The second-order valence-corrected chi connectivity index (χ2v) is 14.0. The second-order valence-electron chi connectivity index (χ2n) is 12.9. The van der Waals surface area contributed by atoms with Crippen LogP contribution in [0.3, 0.4) is 0 Å². The van der Waals surface area contributed by atoms with E-state index < -0.39 is 73.0 Å². The molecule has 51 heavy (non-hydrogen) atoms. The predicted molar refractivity (Wildman–Crippen MR) is 191 cm³/mol. The molecule has 11 nitrogen and oxygen atoms in total. The minimum Gasteiger partial charge on any atom is -0.467 e. The van der Waals surface area contributed by atoms with Gasteiger partial charge < -0.3 is 43.6 Å². The lowest BCUT2D eigenvalue weighted by molar-refractivity contribution is -0.332. The van der Waals surface area contributed by atoms with Gasteiger partial charge in [-0.05, 0) is 23.6 Å². The van der Waals surface area contributed by atoms with Crippen LogP contribution in [0.1, 0.15) is 37.5 Å². The van der Waals surface area contributed by atoms with Crippen LogP contribution in [0.4, 0.5) is 4.79 Å². The molecule has 2 N–H and O–H groups in total. The first kappa shape index (κ1) is 38.7. The molecule has 0 radical (unpaired) electrons. The predicted octanol–water partition coefficient (Wildman–Crippen LogP) is 5.48. The van der Waals surface area contributed by atoms with Crippen molar-refractivity contribution < 1.29 is 47.9 Å². The zero-order valence-electron chi connectivity index (χ0n) is 29.5. The second kappa shape index (κ2) is 19.4. The standard InChI is InChI=1S/C39H49NO10S/c1-25-32(41)35(36(42)44-4)50-38(34(25)46-22-28-14-8-5-9-15-28)49-33-26(2)37(45-20-21-51-24-30-18-12-7-13-19-30)48-27(3)31(33)40-39(43)47-23-29-16-10-6-11-17-29/h5-19,25-27,31-35,37-38,41H,20-24H2,1-4H3,(H,40,43)/t25-,26?,27?,31-,32+,33+,34?,35?,37-,38-/m0/s1. The van der Waals surface area contributed by atoms with Crippen molar-refractivity contribution in [2.75, 3.05) is 19.5 Å². The molecule has 2 heterocycles. The van der Waals surface area contributed by atoms with Crippen molar-refractivity contribution in [3.63, 3.8) is 0 Å². The first-order valence-corrected chi connectivity index (χ1v) is 18.5. The average Bonchev–Trinajstić information content (AvgIpc) is 3.15. The number of benzene rings is 3. The van der Waals surface area contributed by atoms with Gasteiger partial charge in [-0.15, -0.1) is 0 Å². The fourth-order valence-corrected chi connectivity index (χ4v) is 7.04. The molecular weight excluding hydrogens is 674 g/mol. The highest BCUT2D eigenvalue weighted by molar-refractivity contribution is 7.98. The Morgan fingerprint density at radius 2 is 1.37 bits per heavy atom. The normalized spacial score (nSPS) is 29.2. The summed E-state index contributed by atoms with van der Waals surface area (Å²) in [5.74, 6) is -0.131. The van der Waals surface area contributed by atoms with Crippen molar-refractivity contribution in [3.8, 4) is 0 Å². The lowest BCUT2D eigenvalue weighted by atomic mass is 9.88. The molecule has 12 heteroatoms. The van der Waals surface area contributed by atoms with E-state index in [1.165, 1.54) is 12.7 Å². The summed E-state index contributed by atoms with van der Waals surface area (Å²) in [4.78, 5) is 25.9. The lowest BCUT2D eigenvalue weighted by Gasteiger charge is -2.48. The molecule has 2 aliphatic heterocycles. The third kappa shape index (κ3) is 10.8. The first-order chi connectivity index (χ1) is 24.7. The summed E-state index contributed by atoms with van der Waals surface area (Å²) in [5, 5.41) is 14.1. The van der Waals surface area contributed by atoms with Gasteiger partial charge >= 0.3 is 12.1 Å². The van der Waals surface area contributed by atoms with E-state index in [1.807, 2.05) is 92.7 Å². The Morgan fingerprint density at radius 1 is 0.765 bits per heavy atom. The number of thioether (sulfide) groups is 1. The maximum absolute atomic E-state index is 13.2. The monoisotopic (exact) mass is 723 g/mol. The molecule has 1 amide bonds. The van der Waals surface area contributed by atoms with Crippen LogP contribution >= 0.6 is 11.8 Å². The van der Waals surface area contributed by atoms with Gasteiger partial charge in [-0.1, -0.05) is 105 Å². The minimum atomic E-state index is -1.31. The van der Waals surface area contributed by atoms with E-state index in [0.717, 1.165) is 22.6 Å². The molecule has 2 saturated heterocycles. The van der Waals surface area contributed by atoms with Crippen molar-refractivity contribution in [2.24, 2.45) is 11.8 Å². The largest absolute Gasteiger partial charge is 0.467 e. The third-order valence-electron chi connectivity index (χ3n) is 9.20. The van der Waals surface area contributed by atoms with Gasteiger partial charge in [-0.3, -0.25) is 0 Å². The van der Waals surface area contributed by atoms with Gasteiger partial charge in [0.2, 0.25) is 0 Å². The zero-order valence-corrected chi connectivity index (χ0v) is 30.3. The number of amides is 1. The number of alkyl carbamates (subject to hydrolysis) is 1. The lowest BCUT2D eigenvalue weighted by Crippen LogP contribution is -2.64. The van der Waals surface area contributed by atoms with Gasteiger partial charge in [0.15, 0.2) is 18.7 Å². The van der Waals surface area contributed by atoms with E-state index in [4.69, 9.17) is 33.2 Å². The number of hydrogen-bond donors (Lipinski definition) is 2. The fourth-order valence-electron chi connectivity index (χ4n) is 6.25. The highest BCUT2D eigenvalue weighted by atomic mass is 32.2. The number of aliphatic hydroxyl groups excluding tert-OH is 1. The zero-order chi connectivity index (χ0) is 36.2. The molecule has 5 rings (SSSR count). The van der Waals surface area contributed by atoms with Crippen molar-refractivity contribution in [1.82, 2.24) is 5.32 Å². The molecular formula is C39H49NO10S. The van der Waals surface area contributed by atoms with Gasteiger partial charge in [0.05, 0.1) is 44.7 Å². The molecule has 0 saturated carbocycles. The highest BCUT2D eigenvalue weighted by Crippen LogP contribution is 2.36. The third-order valence-corrected chi connectivity index (χ3v) is 10.2. The Hall–Kier alpha value is -3.49. The smallest absolute Gasteiger partial charge is 0.407 e. The Bertz CT molecular complexity index is 1490.